The number of rotatable bonds is 42. The number of ketones is 6. The van der Waals surface area contributed by atoms with Gasteiger partial charge in [-0.2, -0.15) is 0 Å². The van der Waals surface area contributed by atoms with Crippen LogP contribution in [0.15, 0.2) is 105 Å². The standard InChI is InChI=1S/C72H99N9O12/c82-61(67(88)58-28-13-10-14-29-58)34-25-40-73-46-52-76(53-47-73)64(85)37-19-4-1-7-22-43-79-70(91)80(44-23-8-2-5-20-38-65(86)77-54-48-74(49-55-77)41-26-35-62(83)68(89)59-30-15-11-16-31-59)72(93)81(71(79)92)45-24-9-3-6-21-39-66(87)78-56-50-75(51-57-78)42-27-36-63(84)69(90)60-32-17-12-18-33-60/h10-18,28-33H,1-9,19-27,34-57H2. The van der Waals surface area contributed by atoms with E-state index in [4.69, 9.17) is 0 Å². The molecule has 0 unspecified atom stereocenters. The van der Waals surface area contributed by atoms with E-state index in [0.29, 0.717) is 173 Å². The molecule has 93 heavy (non-hydrogen) atoms. The number of unbranched alkanes of at least 4 members (excludes halogenated alkanes) is 12. The fourth-order valence-electron chi connectivity index (χ4n) is 12.6. The first-order valence-electron chi connectivity index (χ1n) is 34.5. The van der Waals surface area contributed by atoms with Crippen molar-refractivity contribution in [2.45, 2.75) is 174 Å². The van der Waals surface area contributed by atoms with Gasteiger partial charge in [0.25, 0.3) is 0 Å². The maximum absolute atomic E-state index is 14.0. The third-order valence-electron chi connectivity index (χ3n) is 18.4. The van der Waals surface area contributed by atoms with Crippen molar-refractivity contribution in [3.05, 3.63) is 139 Å². The van der Waals surface area contributed by atoms with Crippen LogP contribution >= 0.6 is 0 Å². The highest BCUT2D eigenvalue weighted by Crippen LogP contribution is 2.16. The molecule has 4 aromatic rings. The zero-order valence-electron chi connectivity index (χ0n) is 54.8. The number of Topliss-reactive ketones (excluding diaryl/α,β-unsaturated/α-hetero) is 6. The predicted octanol–water partition coefficient (Wildman–Crippen LogP) is 7.32. The highest BCUT2D eigenvalue weighted by Gasteiger charge is 2.26. The lowest BCUT2D eigenvalue weighted by Gasteiger charge is -2.34. The van der Waals surface area contributed by atoms with Gasteiger partial charge in [-0.15, -0.1) is 0 Å². The van der Waals surface area contributed by atoms with Gasteiger partial charge in [-0.1, -0.05) is 149 Å². The first-order valence-corrected chi connectivity index (χ1v) is 34.5. The molecule has 0 radical (unpaired) electrons. The van der Waals surface area contributed by atoms with Crippen molar-refractivity contribution in [3.63, 3.8) is 0 Å². The van der Waals surface area contributed by atoms with Gasteiger partial charge in [-0.3, -0.25) is 57.9 Å². The van der Waals surface area contributed by atoms with Crippen LogP contribution in [0, 0.1) is 0 Å². The molecule has 3 fully saturated rings. The first-order chi connectivity index (χ1) is 45.2. The smallest absolute Gasteiger partial charge is 0.336 e. The fraction of sp³-hybridized carbons (Fsp3) is 0.583. The molecule has 1 aromatic heterocycles. The Hall–Kier alpha value is -7.62. The molecule has 21 nitrogen and oxygen atoms in total. The van der Waals surface area contributed by atoms with Gasteiger partial charge in [0.15, 0.2) is 0 Å². The third kappa shape index (κ3) is 24.0. The van der Waals surface area contributed by atoms with Crippen LogP contribution < -0.4 is 17.1 Å². The van der Waals surface area contributed by atoms with E-state index in [0.717, 1.165) is 77.0 Å². The summed E-state index contributed by atoms with van der Waals surface area (Å²) in [4.78, 5) is 168. The second-order valence-corrected chi connectivity index (χ2v) is 25.2. The summed E-state index contributed by atoms with van der Waals surface area (Å²) in [7, 11) is 0. The van der Waals surface area contributed by atoms with Crippen LogP contribution in [0.2, 0.25) is 0 Å². The van der Waals surface area contributed by atoms with Crippen LogP contribution in [0.25, 0.3) is 0 Å². The zero-order chi connectivity index (χ0) is 66.2. The zero-order valence-corrected chi connectivity index (χ0v) is 54.8. The normalized spacial score (nSPS) is 14.9. The number of amides is 3. The average Bonchev–Trinajstić information content (AvgIpc) is 0.895. The predicted molar refractivity (Wildman–Crippen MR) is 356 cm³/mol. The molecule has 4 heterocycles. The fourth-order valence-corrected chi connectivity index (χ4v) is 12.6. The molecule has 0 aliphatic carbocycles. The van der Waals surface area contributed by atoms with Gasteiger partial charge in [0.2, 0.25) is 52.4 Å². The summed E-state index contributed by atoms with van der Waals surface area (Å²) in [6.07, 6.45) is 14.5. The van der Waals surface area contributed by atoms with Crippen molar-refractivity contribution in [1.82, 2.24) is 43.1 Å². The molecule has 7 rings (SSSR count). The van der Waals surface area contributed by atoms with E-state index in [1.54, 1.807) is 91.0 Å². The minimum absolute atomic E-state index is 0.112. The van der Waals surface area contributed by atoms with Gasteiger partial charge < -0.3 is 14.7 Å². The van der Waals surface area contributed by atoms with Crippen LogP contribution in [0.3, 0.4) is 0 Å². The Morgan fingerprint density at radius 1 is 0.247 bits per heavy atom. The number of nitrogens with zero attached hydrogens (tertiary/aromatic N) is 9. The van der Waals surface area contributed by atoms with Crippen LogP contribution in [0.1, 0.15) is 185 Å². The minimum Gasteiger partial charge on any atom is -0.340 e. The van der Waals surface area contributed by atoms with Gasteiger partial charge in [-0.05, 0) is 77.4 Å². The maximum Gasteiger partial charge on any atom is 0.336 e. The lowest BCUT2D eigenvalue weighted by atomic mass is 10.0. The molecule has 3 saturated heterocycles. The van der Waals surface area contributed by atoms with Gasteiger partial charge >= 0.3 is 17.1 Å². The Morgan fingerprint density at radius 3 is 0.720 bits per heavy atom. The largest absolute Gasteiger partial charge is 0.340 e. The number of carbonyl (C=O) groups excluding carboxylic acids is 9. The summed E-state index contributed by atoms with van der Waals surface area (Å²) in [5, 5.41) is 0. The molecule has 3 amide bonds. The SMILES string of the molecule is O=C(CCCN1CCN(C(=O)CCCCCCCn2c(=O)n(CCCCCCCC(=O)N3CCN(CCCC(=O)C(=O)c4ccccc4)CC3)c(=O)n(CCCCCCCC(=O)N3CCN(CCCC(=O)C(=O)c4ccccc4)CC3)c2=O)CC1)C(=O)c1ccccc1. The van der Waals surface area contributed by atoms with Crippen molar-refractivity contribution >= 4 is 52.4 Å². The second-order valence-electron chi connectivity index (χ2n) is 25.2. The van der Waals surface area contributed by atoms with E-state index in [1.807, 2.05) is 14.7 Å². The lowest BCUT2D eigenvalue weighted by molar-refractivity contribution is -0.133. The van der Waals surface area contributed by atoms with Crippen LogP contribution in [-0.2, 0) is 48.4 Å². The molecular formula is C72H99N9O12. The Bertz CT molecular complexity index is 2880. The summed E-state index contributed by atoms with van der Waals surface area (Å²) in [6, 6.07) is 25.8. The number of carbonyl (C=O) groups is 9. The maximum atomic E-state index is 14.0. The number of aromatic nitrogens is 3. The Labute approximate surface area is 547 Å². The monoisotopic (exact) mass is 1280 g/mol. The Balaban J connectivity index is 0.793. The number of hydrogen-bond acceptors (Lipinski definition) is 15. The minimum atomic E-state index is -0.606. The van der Waals surface area contributed by atoms with Crippen LogP contribution in [-0.4, -0.2) is 194 Å². The Kier molecular flexibility index (Phi) is 31.2. The van der Waals surface area contributed by atoms with E-state index in [1.165, 1.54) is 13.7 Å². The molecule has 0 atom stereocenters. The average molecular weight is 1280 g/mol. The van der Waals surface area contributed by atoms with E-state index < -0.39 is 34.4 Å². The summed E-state index contributed by atoms with van der Waals surface area (Å²) in [5.74, 6) is -2.19. The van der Waals surface area contributed by atoms with E-state index in [9.17, 15) is 57.5 Å². The van der Waals surface area contributed by atoms with Crippen molar-refractivity contribution in [1.29, 1.82) is 0 Å². The topological polar surface area (TPSA) is 239 Å². The molecule has 0 N–H and O–H groups in total. The van der Waals surface area contributed by atoms with Crippen molar-refractivity contribution in [2.24, 2.45) is 0 Å². The molecule has 3 aliphatic heterocycles. The van der Waals surface area contributed by atoms with Gasteiger partial charge in [0, 0.05) is 153 Å². The Morgan fingerprint density at radius 2 is 0.473 bits per heavy atom. The van der Waals surface area contributed by atoms with E-state index in [2.05, 4.69) is 14.7 Å². The molecule has 0 spiro atoms. The summed E-state index contributed by atoms with van der Waals surface area (Å²) in [6.45, 7) is 10.5. The lowest BCUT2D eigenvalue weighted by Crippen LogP contribution is -2.54. The van der Waals surface area contributed by atoms with E-state index in [-0.39, 0.29) is 74.0 Å². The van der Waals surface area contributed by atoms with Crippen LogP contribution in [0.5, 0.6) is 0 Å². The quantitative estimate of drug-likeness (QED) is 0.0240. The van der Waals surface area contributed by atoms with Crippen molar-refractivity contribution in [3.8, 4) is 0 Å². The summed E-state index contributed by atoms with van der Waals surface area (Å²) < 4.78 is 3.61. The van der Waals surface area contributed by atoms with Gasteiger partial charge in [-0.25, -0.2) is 28.1 Å². The molecule has 504 valence electrons. The summed E-state index contributed by atoms with van der Waals surface area (Å²) >= 11 is 0. The first kappa shape index (κ1) is 72.8. The van der Waals surface area contributed by atoms with Crippen LogP contribution in [0.4, 0.5) is 0 Å². The third-order valence-corrected chi connectivity index (χ3v) is 18.4. The number of piperazine rings is 3. The summed E-state index contributed by atoms with van der Waals surface area (Å²) in [5.41, 5.74) is -0.593. The molecule has 21 heteroatoms. The van der Waals surface area contributed by atoms with Crippen molar-refractivity contribution < 1.29 is 43.2 Å². The molecule has 0 saturated carbocycles. The number of hydrogen-bond donors (Lipinski definition) is 0. The van der Waals surface area contributed by atoms with Gasteiger partial charge in [0.05, 0.1) is 0 Å². The second kappa shape index (κ2) is 39.8. The molecular weight excluding hydrogens is 1180 g/mol. The molecule has 3 aliphatic rings. The van der Waals surface area contributed by atoms with Gasteiger partial charge in [0.1, 0.15) is 0 Å². The molecule has 3 aromatic carbocycles. The highest BCUT2D eigenvalue weighted by atomic mass is 16.2. The molecule has 0 bridgehead atoms. The van der Waals surface area contributed by atoms with E-state index >= 15 is 0 Å². The van der Waals surface area contributed by atoms with Crippen molar-refractivity contribution in [2.75, 3.05) is 98.2 Å². The number of benzene rings is 3. The highest BCUT2D eigenvalue weighted by molar-refractivity contribution is 6.44.